The second kappa shape index (κ2) is 14.5. The highest BCUT2D eigenvalue weighted by Crippen LogP contribution is 2.57. The molecule has 4 nitrogen and oxygen atoms in total. The van der Waals surface area contributed by atoms with Crippen molar-refractivity contribution < 1.29 is 8.83 Å². The smallest absolute Gasteiger partial charge is 0.203 e. The van der Waals surface area contributed by atoms with Crippen LogP contribution >= 0.6 is 0 Å². The van der Waals surface area contributed by atoms with Crippen LogP contribution in [0.3, 0.4) is 0 Å². The summed E-state index contributed by atoms with van der Waals surface area (Å²) in [6.45, 7) is 6.85. The van der Waals surface area contributed by atoms with Gasteiger partial charge in [0.25, 0.3) is 0 Å². The van der Waals surface area contributed by atoms with Crippen molar-refractivity contribution in [2.24, 2.45) is 0 Å². The molecule has 0 saturated heterocycles. The van der Waals surface area contributed by atoms with Crippen molar-refractivity contribution >= 4 is 79.7 Å². The zero-order valence-corrected chi connectivity index (χ0v) is 37.1. The van der Waals surface area contributed by atoms with Gasteiger partial charge in [-0.15, -0.1) is 0 Å². The van der Waals surface area contributed by atoms with Gasteiger partial charge in [-0.1, -0.05) is 191 Å². The van der Waals surface area contributed by atoms with Gasteiger partial charge in [-0.05, 0) is 85.6 Å². The number of rotatable bonds is 5. The van der Waals surface area contributed by atoms with Crippen LogP contribution in [0.2, 0.25) is 0 Å². The van der Waals surface area contributed by atoms with Gasteiger partial charge in [0.15, 0.2) is 5.88 Å². The highest BCUT2D eigenvalue weighted by molar-refractivity contribution is 6.76. The molecule has 13 rings (SSSR count). The quantitative estimate of drug-likeness (QED) is 0.175. The Morgan fingerprint density at radius 2 is 1.12 bits per heavy atom. The number of furan rings is 2. The van der Waals surface area contributed by atoms with Crippen LogP contribution in [0.5, 0.6) is 0 Å². The molecule has 5 heteroatoms. The molecule has 0 amide bonds. The Hall–Kier alpha value is -8.02. The highest BCUT2D eigenvalue weighted by Gasteiger charge is 2.45. The molecule has 2 aromatic heterocycles. The lowest BCUT2D eigenvalue weighted by molar-refractivity contribution is 0.590. The van der Waals surface area contributed by atoms with Crippen molar-refractivity contribution in [1.29, 1.82) is 0 Å². The molecule has 0 unspecified atom stereocenters. The van der Waals surface area contributed by atoms with E-state index in [0.717, 1.165) is 89.3 Å². The first kappa shape index (κ1) is 38.4. The Balaban J connectivity index is 1.17. The SMILES string of the molecule is CC(C)(C)c1ccc(N2c3cc4oc5ccccc5c4c(-c4cccc5c4Nc4ccccc4C5(c4ccccc4)c4ccccc4)c3Bc3c2oc2ccccc32)c(-c2ccccc2)c1. The lowest BCUT2D eigenvalue weighted by Crippen LogP contribution is -2.40. The zero-order chi connectivity index (χ0) is 44.1. The standard InChI is InChI=1S/C61H45BN2O2/c1-60(2,3)41-34-35-49(45(36-41)38-20-7-4-8-21-38)64-50-37-53-54(42-26-13-17-32-51(42)65-53)55(57(50)62-56-43-27-14-18-33-52(43)66-59(56)64)44-28-19-30-47-58(44)63-48-31-16-15-29-46(48)61(47,39-22-9-5-10-23-39)40-24-11-6-12-25-40/h4-37,62-63H,1-3H3. The number of para-hydroxylation sites is 4. The van der Waals surface area contributed by atoms with Gasteiger partial charge in [-0.25, -0.2) is 0 Å². The Morgan fingerprint density at radius 3 is 1.85 bits per heavy atom. The molecular weight excluding hydrogens is 803 g/mol. The van der Waals surface area contributed by atoms with Crippen LogP contribution in [0.4, 0.5) is 28.6 Å². The Labute approximate surface area is 385 Å². The van der Waals surface area contributed by atoms with Crippen LogP contribution in [-0.2, 0) is 10.8 Å². The van der Waals surface area contributed by atoms with Gasteiger partial charge < -0.3 is 14.2 Å². The predicted molar refractivity (Wildman–Crippen MR) is 276 cm³/mol. The average Bonchev–Trinajstić information content (AvgIpc) is 3.92. The first-order valence-electron chi connectivity index (χ1n) is 23.0. The number of fused-ring (bicyclic) bond motifs is 9. The molecule has 11 aromatic rings. The van der Waals surface area contributed by atoms with Gasteiger partial charge in [0, 0.05) is 44.7 Å². The van der Waals surface area contributed by atoms with Crippen molar-refractivity contribution in [3.05, 3.63) is 234 Å². The van der Waals surface area contributed by atoms with Crippen LogP contribution in [0.25, 0.3) is 55.2 Å². The lowest BCUT2D eigenvalue weighted by Gasteiger charge is -2.43. The number of benzene rings is 9. The van der Waals surface area contributed by atoms with Gasteiger partial charge in [0.05, 0.1) is 16.8 Å². The van der Waals surface area contributed by atoms with Crippen molar-refractivity contribution in [2.75, 3.05) is 10.2 Å². The molecule has 1 N–H and O–H groups in total. The van der Waals surface area contributed by atoms with E-state index in [4.69, 9.17) is 8.83 Å². The molecular formula is C61H45BN2O2. The fourth-order valence-corrected chi connectivity index (χ4v) is 11.2. The van der Waals surface area contributed by atoms with Crippen LogP contribution in [0, 0.1) is 0 Å². The van der Waals surface area contributed by atoms with Crippen molar-refractivity contribution in [3.63, 3.8) is 0 Å². The molecule has 4 heterocycles. The normalized spacial score (nSPS) is 13.7. The van der Waals surface area contributed by atoms with Gasteiger partial charge in [-0.3, -0.25) is 4.90 Å². The molecule has 9 aromatic carbocycles. The molecule has 0 saturated carbocycles. The Kier molecular flexibility index (Phi) is 8.45. The first-order valence-corrected chi connectivity index (χ1v) is 23.0. The highest BCUT2D eigenvalue weighted by atomic mass is 16.4. The van der Waals surface area contributed by atoms with Crippen molar-refractivity contribution in [3.8, 4) is 22.3 Å². The minimum atomic E-state index is -0.624. The van der Waals surface area contributed by atoms with Crippen LogP contribution in [-0.4, -0.2) is 7.28 Å². The van der Waals surface area contributed by atoms with Crippen molar-refractivity contribution in [1.82, 2.24) is 0 Å². The van der Waals surface area contributed by atoms with Crippen LogP contribution in [0.1, 0.15) is 48.6 Å². The maximum atomic E-state index is 7.06. The third kappa shape index (κ3) is 5.59. The van der Waals surface area contributed by atoms with E-state index in [0.29, 0.717) is 7.28 Å². The fraction of sp³-hybridized carbons (Fsp3) is 0.0820. The van der Waals surface area contributed by atoms with E-state index in [1.165, 1.54) is 33.3 Å². The first-order chi connectivity index (χ1) is 32.4. The molecule has 66 heavy (non-hydrogen) atoms. The number of nitrogens with one attached hydrogen (secondary N) is 1. The zero-order valence-electron chi connectivity index (χ0n) is 37.1. The minimum absolute atomic E-state index is 0.0628. The average molecular weight is 849 g/mol. The number of hydrogen-bond acceptors (Lipinski definition) is 4. The molecule has 2 aliphatic rings. The minimum Gasteiger partial charge on any atom is -0.456 e. The second-order valence-electron chi connectivity index (χ2n) is 18.8. The summed E-state index contributed by atoms with van der Waals surface area (Å²) in [6.07, 6.45) is 0. The van der Waals surface area contributed by atoms with Gasteiger partial charge in [0.2, 0.25) is 7.28 Å². The van der Waals surface area contributed by atoms with E-state index in [1.807, 2.05) is 0 Å². The summed E-state index contributed by atoms with van der Waals surface area (Å²) in [5.41, 5.74) is 19.2. The summed E-state index contributed by atoms with van der Waals surface area (Å²) in [7, 11) is 0.659. The molecule has 0 bridgehead atoms. The molecule has 0 atom stereocenters. The van der Waals surface area contributed by atoms with E-state index in [-0.39, 0.29) is 5.41 Å². The molecule has 0 spiro atoms. The monoisotopic (exact) mass is 848 g/mol. The summed E-state index contributed by atoms with van der Waals surface area (Å²) >= 11 is 0. The van der Waals surface area contributed by atoms with Gasteiger partial charge in [0.1, 0.15) is 16.7 Å². The number of hydrogen-bond donors (Lipinski definition) is 1. The summed E-state index contributed by atoms with van der Waals surface area (Å²) < 4.78 is 14.0. The third-order valence-corrected chi connectivity index (χ3v) is 14.2. The number of nitrogens with zero attached hydrogens (tertiary/aromatic N) is 1. The summed E-state index contributed by atoms with van der Waals surface area (Å²) in [5, 5.41) is 7.40. The van der Waals surface area contributed by atoms with E-state index in [9.17, 15) is 0 Å². The summed E-state index contributed by atoms with van der Waals surface area (Å²) in [5.74, 6) is 0.833. The Morgan fingerprint density at radius 1 is 0.500 bits per heavy atom. The molecule has 2 aliphatic heterocycles. The maximum Gasteiger partial charge on any atom is 0.203 e. The van der Waals surface area contributed by atoms with Crippen LogP contribution < -0.4 is 21.1 Å². The predicted octanol–water partition coefficient (Wildman–Crippen LogP) is 14.6. The van der Waals surface area contributed by atoms with E-state index in [1.54, 1.807) is 0 Å². The Bertz CT molecular complexity index is 3660. The van der Waals surface area contributed by atoms with Gasteiger partial charge in [-0.2, -0.15) is 0 Å². The van der Waals surface area contributed by atoms with Crippen LogP contribution in [0.15, 0.2) is 215 Å². The second-order valence-corrected chi connectivity index (χ2v) is 18.8. The fourth-order valence-electron chi connectivity index (χ4n) is 11.2. The van der Waals surface area contributed by atoms with E-state index in [2.05, 4.69) is 237 Å². The third-order valence-electron chi connectivity index (χ3n) is 14.2. The molecule has 0 radical (unpaired) electrons. The molecule has 314 valence electrons. The largest absolute Gasteiger partial charge is 0.456 e. The number of anilines is 5. The topological polar surface area (TPSA) is 41.6 Å². The van der Waals surface area contributed by atoms with Crippen molar-refractivity contribution in [2.45, 2.75) is 31.6 Å². The summed E-state index contributed by atoms with van der Waals surface area (Å²) in [6, 6.07) is 74.8. The van der Waals surface area contributed by atoms with E-state index < -0.39 is 5.41 Å². The summed E-state index contributed by atoms with van der Waals surface area (Å²) in [4.78, 5) is 2.38. The molecule has 0 aliphatic carbocycles. The molecule has 0 fully saturated rings. The maximum absolute atomic E-state index is 7.06. The van der Waals surface area contributed by atoms with Gasteiger partial charge >= 0.3 is 0 Å². The van der Waals surface area contributed by atoms with E-state index >= 15 is 0 Å². The lowest BCUT2D eigenvalue weighted by atomic mass is 9.57.